The maximum absolute atomic E-state index is 12.3. The Morgan fingerprint density at radius 1 is 1.08 bits per heavy atom. The number of ketones is 1. The first-order valence-corrected chi connectivity index (χ1v) is 10.4. The van der Waals surface area contributed by atoms with E-state index in [4.69, 9.17) is 0 Å². The van der Waals surface area contributed by atoms with E-state index in [0.717, 1.165) is 32.1 Å². The average molecular weight is 350 g/mol. The van der Waals surface area contributed by atoms with Crippen LogP contribution in [0.4, 0.5) is 0 Å². The summed E-state index contributed by atoms with van der Waals surface area (Å²) in [5, 5.41) is 30.6. The highest BCUT2D eigenvalue weighted by Crippen LogP contribution is 2.65. The fourth-order valence-corrected chi connectivity index (χ4v) is 7.84. The lowest BCUT2D eigenvalue weighted by atomic mass is 9.45. The van der Waals surface area contributed by atoms with E-state index in [1.54, 1.807) is 0 Å². The van der Waals surface area contributed by atoms with Gasteiger partial charge in [0.05, 0.1) is 6.10 Å². The van der Waals surface area contributed by atoms with Crippen molar-refractivity contribution in [3.05, 3.63) is 0 Å². The van der Waals surface area contributed by atoms with Gasteiger partial charge in [0.15, 0.2) is 5.78 Å². The Morgan fingerprint density at radius 3 is 2.56 bits per heavy atom. The van der Waals surface area contributed by atoms with Crippen LogP contribution < -0.4 is 0 Å². The highest BCUT2D eigenvalue weighted by atomic mass is 16.3. The summed E-state index contributed by atoms with van der Waals surface area (Å²) >= 11 is 0. The van der Waals surface area contributed by atoms with Gasteiger partial charge < -0.3 is 15.3 Å². The summed E-state index contributed by atoms with van der Waals surface area (Å²) in [5.74, 6) is 2.25. The van der Waals surface area contributed by atoms with E-state index in [2.05, 4.69) is 13.8 Å². The first-order valence-electron chi connectivity index (χ1n) is 10.4. The lowest BCUT2D eigenvalue weighted by Crippen LogP contribution is -2.57. The molecule has 0 saturated heterocycles. The zero-order valence-electron chi connectivity index (χ0n) is 15.7. The van der Waals surface area contributed by atoms with Crippen molar-refractivity contribution in [2.45, 2.75) is 76.9 Å². The summed E-state index contributed by atoms with van der Waals surface area (Å²) < 4.78 is 0. The van der Waals surface area contributed by atoms with Crippen LogP contribution in [-0.4, -0.2) is 39.4 Å². The number of rotatable bonds is 2. The standard InChI is InChI=1S/C21H34O4/c1-12-9-17-15(4-3-13-10-14(23)5-7-20(13,17)2)16-6-8-21(25,19(12)16)18(24)11-22/h12-17,19,22-23,25H,3-11H2,1-2H3/t12-,13+,14-,15+,16+,17+,19+,20+,21+/m1/s1. The Hall–Kier alpha value is -0.450. The second-order valence-electron chi connectivity index (χ2n) is 9.93. The molecule has 4 nitrogen and oxygen atoms in total. The van der Waals surface area contributed by atoms with Crippen molar-refractivity contribution in [2.75, 3.05) is 6.61 Å². The molecule has 4 aliphatic carbocycles. The number of aliphatic hydroxyl groups excluding tert-OH is 2. The van der Waals surface area contributed by atoms with Crippen LogP contribution in [0, 0.1) is 40.9 Å². The molecular formula is C21H34O4. The molecule has 0 spiro atoms. The molecule has 4 fully saturated rings. The SMILES string of the molecule is C[C@@H]1C[C@H]2[C@@H](CC[C@H]3C[C@H](O)CC[C@@]32C)[C@@H]2CC[C@](O)(C(=O)CO)[C@H]21. The third-order valence-electron chi connectivity index (χ3n) is 9.00. The van der Waals surface area contributed by atoms with Gasteiger partial charge in [-0.3, -0.25) is 4.79 Å². The van der Waals surface area contributed by atoms with Gasteiger partial charge in [-0.25, -0.2) is 0 Å². The van der Waals surface area contributed by atoms with Gasteiger partial charge in [-0.05, 0) is 86.4 Å². The van der Waals surface area contributed by atoms with Crippen LogP contribution in [0.5, 0.6) is 0 Å². The molecule has 4 aliphatic rings. The van der Waals surface area contributed by atoms with Gasteiger partial charge in [0.25, 0.3) is 0 Å². The second kappa shape index (κ2) is 6.03. The monoisotopic (exact) mass is 350 g/mol. The summed E-state index contributed by atoms with van der Waals surface area (Å²) in [6.07, 6.45) is 7.74. The first kappa shape index (κ1) is 17.9. The number of Topliss-reactive ketones (excluding diaryl/α,β-unsaturated/α-hetero) is 1. The van der Waals surface area contributed by atoms with Crippen LogP contribution in [0.1, 0.15) is 65.2 Å². The third-order valence-corrected chi connectivity index (χ3v) is 9.00. The van der Waals surface area contributed by atoms with E-state index < -0.39 is 12.2 Å². The number of fused-ring (bicyclic) bond motifs is 5. The quantitative estimate of drug-likeness (QED) is 0.715. The van der Waals surface area contributed by atoms with E-state index in [0.29, 0.717) is 41.4 Å². The number of carbonyl (C=O) groups excluding carboxylic acids is 1. The molecule has 0 aromatic carbocycles. The van der Waals surface area contributed by atoms with Crippen LogP contribution in [0.15, 0.2) is 0 Å². The Morgan fingerprint density at radius 2 is 1.84 bits per heavy atom. The maximum atomic E-state index is 12.3. The molecule has 25 heavy (non-hydrogen) atoms. The molecular weight excluding hydrogens is 316 g/mol. The molecule has 0 aromatic heterocycles. The van der Waals surface area contributed by atoms with Gasteiger partial charge in [0, 0.05) is 5.92 Å². The second-order valence-corrected chi connectivity index (χ2v) is 9.93. The summed E-state index contributed by atoms with van der Waals surface area (Å²) in [4.78, 5) is 12.3. The minimum atomic E-state index is -1.30. The van der Waals surface area contributed by atoms with Crippen molar-refractivity contribution in [1.82, 2.24) is 0 Å². The Kier molecular flexibility index (Phi) is 4.33. The van der Waals surface area contributed by atoms with Crippen LogP contribution >= 0.6 is 0 Å². The molecule has 0 bridgehead atoms. The zero-order valence-corrected chi connectivity index (χ0v) is 15.7. The molecule has 3 N–H and O–H groups in total. The van der Waals surface area contributed by atoms with Gasteiger partial charge in [0.2, 0.25) is 0 Å². The molecule has 0 heterocycles. The summed E-state index contributed by atoms with van der Waals surface area (Å²) in [6.45, 7) is 4.12. The fourth-order valence-electron chi connectivity index (χ4n) is 7.84. The van der Waals surface area contributed by atoms with Crippen LogP contribution in [0.25, 0.3) is 0 Å². The Balaban J connectivity index is 1.63. The largest absolute Gasteiger partial charge is 0.393 e. The molecule has 4 heteroatoms. The van der Waals surface area contributed by atoms with E-state index in [-0.39, 0.29) is 17.8 Å². The van der Waals surface area contributed by atoms with Crippen LogP contribution in [-0.2, 0) is 4.79 Å². The number of hydrogen-bond donors (Lipinski definition) is 3. The number of carbonyl (C=O) groups is 1. The van der Waals surface area contributed by atoms with E-state index in [1.807, 2.05) is 0 Å². The zero-order chi connectivity index (χ0) is 18.0. The normalized spacial score (nSPS) is 55.2. The van der Waals surface area contributed by atoms with Gasteiger partial charge in [-0.1, -0.05) is 13.8 Å². The van der Waals surface area contributed by atoms with Crippen molar-refractivity contribution in [3.63, 3.8) is 0 Å². The van der Waals surface area contributed by atoms with Gasteiger partial charge >= 0.3 is 0 Å². The van der Waals surface area contributed by atoms with Crippen molar-refractivity contribution >= 4 is 5.78 Å². The van der Waals surface area contributed by atoms with Gasteiger partial charge in [-0.15, -0.1) is 0 Å². The number of hydrogen-bond acceptors (Lipinski definition) is 4. The third kappa shape index (κ3) is 2.47. The lowest BCUT2D eigenvalue weighted by molar-refractivity contribution is -0.161. The van der Waals surface area contributed by atoms with Crippen molar-refractivity contribution in [1.29, 1.82) is 0 Å². The topological polar surface area (TPSA) is 77.8 Å². The van der Waals surface area contributed by atoms with Crippen molar-refractivity contribution in [3.8, 4) is 0 Å². The highest BCUT2D eigenvalue weighted by Gasteiger charge is 2.62. The molecule has 4 rings (SSSR count). The summed E-state index contributed by atoms with van der Waals surface area (Å²) in [5.41, 5.74) is -0.993. The Labute approximate surface area is 151 Å². The molecule has 0 radical (unpaired) electrons. The van der Waals surface area contributed by atoms with E-state index in [9.17, 15) is 20.1 Å². The van der Waals surface area contributed by atoms with Crippen LogP contribution in [0.2, 0.25) is 0 Å². The first-order chi connectivity index (χ1) is 11.8. The van der Waals surface area contributed by atoms with Gasteiger partial charge in [-0.2, -0.15) is 0 Å². The summed E-state index contributed by atoms with van der Waals surface area (Å²) in [7, 11) is 0. The molecule has 0 aromatic rings. The van der Waals surface area contributed by atoms with Crippen LogP contribution in [0.3, 0.4) is 0 Å². The minimum absolute atomic E-state index is 0.0164. The average Bonchev–Trinajstić information content (AvgIpc) is 2.95. The predicted octanol–water partition coefficient (Wildman–Crippen LogP) is 2.54. The molecule has 4 saturated carbocycles. The lowest BCUT2D eigenvalue weighted by Gasteiger charge is -2.60. The fraction of sp³-hybridized carbons (Fsp3) is 0.952. The molecule has 0 aliphatic heterocycles. The van der Waals surface area contributed by atoms with Crippen molar-refractivity contribution in [2.24, 2.45) is 40.9 Å². The molecule has 0 unspecified atom stereocenters. The summed E-state index contributed by atoms with van der Waals surface area (Å²) in [6, 6.07) is 0. The minimum Gasteiger partial charge on any atom is -0.393 e. The number of aliphatic hydroxyl groups is 3. The smallest absolute Gasteiger partial charge is 0.189 e. The molecule has 142 valence electrons. The van der Waals surface area contributed by atoms with E-state index >= 15 is 0 Å². The van der Waals surface area contributed by atoms with Gasteiger partial charge in [0.1, 0.15) is 12.2 Å². The highest BCUT2D eigenvalue weighted by molar-refractivity contribution is 5.88. The maximum Gasteiger partial charge on any atom is 0.189 e. The Bertz CT molecular complexity index is 548. The van der Waals surface area contributed by atoms with E-state index in [1.165, 1.54) is 12.8 Å². The van der Waals surface area contributed by atoms with Crippen molar-refractivity contribution < 1.29 is 20.1 Å². The predicted molar refractivity (Wildman–Crippen MR) is 94.7 cm³/mol. The molecule has 0 amide bonds. The molecule has 9 atom stereocenters.